The molecule has 0 atom stereocenters. The number of fused-ring (bicyclic) bond motifs is 3. The van der Waals surface area contributed by atoms with E-state index in [9.17, 15) is 0 Å². The summed E-state index contributed by atoms with van der Waals surface area (Å²) in [5.41, 5.74) is 12.7. The van der Waals surface area contributed by atoms with Crippen molar-refractivity contribution in [2.45, 2.75) is 57.1 Å². The van der Waals surface area contributed by atoms with Crippen LogP contribution in [0.4, 0.5) is 0 Å². The third kappa shape index (κ3) is 3.54. The molecule has 0 bridgehead atoms. The fourth-order valence-electron chi connectivity index (χ4n) is 5.66. The summed E-state index contributed by atoms with van der Waals surface area (Å²) in [4.78, 5) is 0. The number of hydrogen-bond acceptors (Lipinski definition) is 0. The van der Waals surface area contributed by atoms with E-state index in [4.69, 9.17) is 0 Å². The van der Waals surface area contributed by atoms with Crippen LogP contribution >= 0.6 is 0 Å². The summed E-state index contributed by atoms with van der Waals surface area (Å²) >= 11 is -1.16. The third-order valence-electron chi connectivity index (χ3n) is 8.14. The van der Waals surface area contributed by atoms with Gasteiger partial charge < -0.3 is 0 Å². The number of hydrogen-bond donors (Lipinski definition) is 0. The molecule has 0 N–H and O–H groups in total. The van der Waals surface area contributed by atoms with Gasteiger partial charge in [-0.15, -0.1) is 0 Å². The molecule has 0 unspecified atom stereocenters. The van der Waals surface area contributed by atoms with Crippen molar-refractivity contribution in [2.24, 2.45) is 0 Å². The molecule has 5 rings (SSSR count). The SMILES string of the molecule is CC1=C(C)[C](C)([Hf][C]2=C(CCc3ccccc3)c3c(ccc4ccccc34)C2)C(C)=C1C. The Balaban J connectivity index is 1.61. The summed E-state index contributed by atoms with van der Waals surface area (Å²) in [6.45, 7) is 12.0. The number of benzene rings is 3. The van der Waals surface area contributed by atoms with Crippen LogP contribution in [-0.4, -0.2) is 0 Å². The van der Waals surface area contributed by atoms with Crippen LogP contribution in [0.3, 0.4) is 0 Å². The normalized spacial score (nSPS) is 17.5. The van der Waals surface area contributed by atoms with Crippen LogP contribution in [-0.2, 0) is 35.7 Å². The monoisotopic (exact) mass is 584 g/mol. The van der Waals surface area contributed by atoms with Crippen molar-refractivity contribution in [3.05, 3.63) is 109 Å². The molecule has 0 saturated heterocycles. The molecule has 3 aromatic rings. The van der Waals surface area contributed by atoms with Gasteiger partial charge in [0, 0.05) is 0 Å². The summed E-state index contributed by atoms with van der Waals surface area (Å²) in [6.07, 6.45) is 3.47. The molecule has 1 heteroatoms. The molecule has 0 aliphatic heterocycles. The van der Waals surface area contributed by atoms with Gasteiger partial charge in [-0.25, -0.2) is 0 Å². The second kappa shape index (κ2) is 8.41. The van der Waals surface area contributed by atoms with Gasteiger partial charge in [0.2, 0.25) is 0 Å². The molecule has 0 amide bonds. The van der Waals surface area contributed by atoms with E-state index in [1.165, 1.54) is 22.8 Å². The Morgan fingerprint density at radius 3 is 2.12 bits per heavy atom. The Hall–Kier alpha value is -1.99. The molecule has 2 aliphatic rings. The van der Waals surface area contributed by atoms with E-state index >= 15 is 0 Å². The van der Waals surface area contributed by atoms with Crippen LogP contribution < -0.4 is 0 Å². The van der Waals surface area contributed by atoms with E-state index < -0.39 is 22.9 Å². The van der Waals surface area contributed by atoms with Crippen molar-refractivity contribution in [1.29, 1.82) is 0 Å². The van der Waals surface area contributed by atoms with E-state index in [0.29, 0.717) is 3.17 Å². The summed E-state index contributed by atoms with van der Waals surface area (Å²) in [5.74, 6) is 0. The minimum atomic E-state index is -1.16. The molecule has 0 aromatic heterocycles. The van der Waals surface area contributed by atoms with Crippen molar-refractivity contribution in [1.82, 2.24) is 0 Å². The predicted octanol–water partition coefficient (Wildman–Crippen LogP) is 8.69. The van der Waals surface area contributed by atoms with Crippen molar-refractivity contribution in [3.63, 3.8) is 0 Å². The van der Waals surface area contributed by atoms with E-state index in [2.05, 4.69) is 101 Å². The Bertz CT molecular complexity index is 1280. The molecular formula is C31H32Hf. The van der Waals surface area contributed by atoms with Crippen LogP contribution in [0.2, 0.25) is 3.17 Å². The molecule has 0 heterocycles. The minimum absolute atomic E-state index is 0.333. The van der Waals surface area contributed by atoms with Crippen molar-refractivity contribution < 1.29 is 22.9 Å². The van der Waals surface area contributed by atoms with E-state index in [1.54, 1.807) is 39.0 Å². The maximum atomic E-state index is 2.56. The molecule has 0 fully saturated rings. The van der Waals surface area contributed by atoms with Crippen LogP contribution in [0.25, 0.3) is 16.3 Å². The second-order valence-corrected chi connectivity index (χ2v) is 16.3. The van der Waals surface area contributed by atoms with Crippen LogP contribution in [0.5, 0.6) is 0 Å². The van der Waals surface area contributed by atoms with Gasteiger partial charge in [-0.05, 0) is 0 Å². The van der Waals surface area contributed by atoms with Crippen molar-refractivity contribution in [2.75, 3.05) is 0 Å². The summed E-state index contributed by atoms with van der Waals surface area (Å²) in [6, 6.07) is 24.8. The predicted molar refractivity (Wildman–Crippen MR) is 134 cm³/mol. The molecular weight excluding hydrogens is 551 g/mol. The Kier molecular flexibility index (Phi) is 5.74. The van der Waals surface area contributed by atoms with Crippen molar-refractivity contribution >= 4 is 16.3 Å². The van der Waals surface area contributed by atoms with Gasteiger partial charge in [0.05, 0.1) is 0 Å². The van der Waals surface area contributed by atoms with Crippen LogP contribution in [0.1, 0.15) is 57.7 Å². The van der Waals surface area contributed by atoms with Gasteiger partial charge in [0.15, 0.2) is 0 Å². The molecule has 0 radical (unpaired) electrons. The first-order chi connectivity index (χ1) is 15.4. The molecule has 160 valence electrons. The Morgan fingerprint density at radius 1 is 0.750 bits per heavy atom. The fraction of sp³-hybridized carbons (Fsp3) is 0.290. The first-order valence-corrected chi connectivity index (χ1v) is 15.4. The second-order valence-electron chi connectivity index (χ2n) is 9.69. The zero-order chi connectivity index (χ0) is 22.5. The maximum absolute atomic E-state index is 2.56. The van der Waals surface area contributed by atoms with Gasteiger partial charge in [0.1, 0.15) is 0 Å². The van der Waals surface area contributed by atoms with Gasteiger partial charge in [-0.1, -0.05) is 0 Å². The topological polar surface area (TPSA) is 0 Å². The van der Waals surface area contributed by atoms with Gasteiger partial charge >= 0.3 is 205 Å². The van der Waals surface area contributed by atoms with E-state index in [1.807, 2.05) is 3.33 Å². The Morgan fingerprint density at radius 2 is 1.41 bits per heavy atom. The van der Waals surface area contributed by atoms with Crippen molar-refractivity contribution in [3.8, 4) is 0 Å². The average Bonchev–Trinajstić information content (AvgIpc) is 3.23. The quantitative estimate of drug-likeness (QED) is 0.264. The Labute approximate surface area is 204 Å². The van der Waals surface area contributed by atoms with Gasteiger partial charge in [-0.2, -0.15) is 0 Å². The molecule has 0 saturated carbocycles. The summed E-state index contributed by atoms with van der Waals surface area (Å²) < 4.78 is 2.18. The number of aryl methyl sites for hydroxylation is 1. The van der Waals surface area contributed by atoms with E-state index in [-0.39, 0.29) is 0 Å². The zero-order valence-electron chi connectivity index (χ0n) is 20.0. The number of allylic oxidation sites excluding steroid dienone is 6. The molecule has 2 aliphatic carbocycles. The fourth-order valence-corrected chi connectivity index (χ4v) is 13.0. The summed E-state index contributed by atoms with van der Waals surface area (Å²) in [7, 11) is 0. The molecule has 0 nitrogen and oxygen atoms in total. The number of rotatable bonds is 5. The molecule has 0 spiro atoms. The van der Waals surface area contributed by atoms with E-state index in [0.717, 1.165) is 12.8 Å². The standard InChI is InChI=1S/C21H17.C10H15.Hf/c1-2-6-16(7-3-1)10-11-18-14-15-19-13-12-17-8-4-5-9-20(17)21(18)19;1-6-7(2)9(4)10(5)8(6)3;/h1-9,12-13H,10-11,15H2;1-5H3;. The van der Waals surface area contributed by atoms with Gasteiger partial charge in [-0.3, -0.25) is 0 Å². The van der Waals surface area contributed by atoms with Crippen LogP contribution in [0, 0.1) is 0 Å². The molecule has 32 heavy (non-hydrogen) atoms. The molecule has 3 aromatic carbocycles. The van der Waals surface area contributed by atoms with Crippen LogP contribution in [0.15, 0.2) is 92.4 Å². The zero-order valence-corrected chi connectivity index (χ0v) is 23.6. The third-order valence-corrected chi connectivity index (χ3v) is 15.4. The van der Waals surface area contributed by atoms with Gasteiger partial charge in [0.25, 0.3) is 0 Å². The first kappa shape index (κ1) is 21.8. The average molecular weight is 583 g/mol. The first-order valence-electron chi connectivity index (χ1n) is 11.8. The summed E-state index contributed by atoms with van der Waals surface area (Å²) in [5, 5.41) is 2.83.